The number of hydrogen-bond acceptors (Lipinski definition) is 1. The maximum atomic E-state index is 6.50. The molecule has 0 saturated carbocycles. The Labute approximate surface area is 68.8 Å². The standard InChI is InChI=1S/CHN.Ca.Fe.2H/c1-2;;;;/h1H;;;;/q;+2;;2*-1. The number of nitriles is 1. The smallest absolute Gasteiger partial charge is 1.00 e. The van der Waals surface area contributed by atoms with Gasteiger partial charge >= 0.3 is 37.7 Å². The van der Waals surface area contributed by atoms with Crippen molar-refractivity contribution in [2.45, 2.75) is 0 Å². The van der Waals surface area contributed by atoms with Gasteiger partial charge in [-0.05, 0) is 0 Å². The molecule has 0 rings (SSSR count). The fraction of sp³-hybridized carbons (Fsp3) is 0. The largest absolute Gasteiger partial charge is 2.00 e. The molecule has 0 aromatic rings. The summed E-state index contributed by atoms with van der Waals surface area (Å²) in [6.07, 6.45) is 0. The van der Waals surface area contributed by atoms with Gasteiger partial charge < -0.3 is 2.85 Å². The molecule has 0 radical (unpaired) electrons. The van der Waals surface area contributed by atoms with Crippen LogP contribution in [0.2, 0.25) is 0 Å². The minimum absolute atomic E-state index is 0. The first-order chi connectivity index (χ1) is 1.00. The molecule has 0 atom stereocenters. The van der Waals surface area contributed by atoms with E-state index < -0.39 is 0 Å². The third-order valence-corrected chi connectivity index (χ3v) is 0. The van der Waals surface area contributed by atoms with E-state index in [9.17, 15) is 0 Å². The Hall–Kier alpha value is 1.27. The van der Waals surface area contributed by atoms with Gasteiger partial charge in [-0.25, -0.2) is 5.26 Å². The third-order valence-electron chi connectivity index (χ3n) is 0. The van der Waals surface area contributed by atoms with Crippen LogP contribution in [0.1, 0.15) is 2.85 Å². The van der Waals surface area contributed by atoms with Crippen molar-refractivity contribution in [2.75, 3.05) is 0 Å². The number of hydrogen-bond donors (Lipinski definition) is 0. The first-order valence-electron chi connectivity index (χ1n) is 0.258. The summed E-state index contributed by atoms with van der Waals surface area (Å²) < 4.78 is 0. The van der Waals surface area contributed by atoms with E-state index in [0.29, 0.717) is 0 Å². The SMILES string of the molecule is C#N.[Ca+2].[Fe].[H-].[H-]. The van der Waals surface area contributed by atoms with Crippen LogP contribution in [0.15, 0.2) is 0 Å². The van der Waals surface area contributed by atoms with Crippen molar-refractivity contribution < 1.29 is 19.9 Å². The van der Waals surface area contributed by atoms with Crippen molar-refractivity contribution in [3.8, 4) is 6.57 Å². The Kier molecular flexibility index (Phi) is 132. The van der Waals surface area contributed by atoms with Gasteiger partial charge in [-0.3, -0.25) is 0 Å². The normalized spacial score (nSPS) is 0.500. The summed E-state index contributed by atoms with van der Waals surface area (Å²) in [5.41, 5.74) is 0. The fourth-order valence-corrected chi connectivity index (χ4v) is 0. The molecule has 22 valence electrons. The van der Waals surface area contributed by atoms with E-state index >= 15 is 0 Å². The molecule has 0 aromatic carbocycles. The summed E-state index contributed by atoms with van der Waals surface area (Å²) >= 11 is 0. The van der Waals surface area contributed by atoms with E-state index in [-0.39, 0.29) is 57.7 Å². The average molecular weight is 125 g/mol. The van der Waals surface area contributed by atoms with Gasteiger partial charge in [-0.2, -0.15) is 0 Å². The number of nitrogens with zero attached hydrogens (tertiary/aromatic N) is 1. The van der Waals surface area contributed by atoms with E-state index in [2.05, 4.69) is 6.57 Å². The van der Waals surface area contributed by atoms with E-state index in [4.69, 9.17) is 5.26 Å². The van der Waals surface area contributed by atoms with E-state index in [0.717, 1.165) is 0 Å². The Morgan fingerprint density at radius 1 is 1.50 bits per heavy atom. The van der Waals surface area contributed by atoms with Crippen LogP contribution in [0, 0.1) is 11.8 Å². The van der Waals surface area contributed by atoms with Crippen LogP contribution < -0.4 is 0 Å². The summed E-state index contributed by atoms with van der Waals surface area (Å²) in [7, 11) is 0. The molecule has 0 unspecified atom stereocenters. The predicted molar refractivity (Wildman–Crippen MR) is 14.6 cm³/mol. The zero-order chi connectivity index (χ0) is 2.00. The Morgan fingerprint density at radius 3 is 1.50 bits per heavy atom. The van der Waals surface area contributed by atoms with Gasteiger partial charge in [0.15, 0.2) is 0 Å². The van der Waals surface area contributed by atoms with Gasteiger partial charge in [-0.1, -0.05) is 0 Å². The first kappa shape index (κ1) is 18.7. The molecule has 0 aromatic heterocycles. The molecule has 0 saturated heterocycles. The Morgan fingerprint density at radius 2 is 1.50 bits per heavy atom. The molecule has 3 heteroatoms. The summed E-state index contributed by atoms with van der Waals surface area (Å²) in [4.78, 5) is 0. The van der Waals surface area contributed by atoms with Crippen LogP contribution in [-0.2, 0) is 17.1 Å². The van der Waals surface area contributed by atoms with Crippen LogP contribution >= 0.6 is 0 Å². The molecule has 0 heterocycles. The molecule has 1 nitrogen and oxygen atoms in total. The minimum atomic E-state index is 0. The molecule has 0 bridgehead atoms. The second-order valence-corrected chi connectivity index (χ2v) is 0. The van der Waals surface area contributed by atoms with Gasteiger partial charge in [0, 0.05) is 23.6 Å². The second kappa shape index (κ2) is 28.3. The van der Waals surface area contributed by atoms with E-state index in [1.54, 1.807) is 0 Å². The molecule has 0 spiro atoms. The van der Waals surface area contributed by atoms with Crippen molar-refractivity contribution in [3.05, 3.63) is 0 Å². The van der Waals surface area contributed by atoms with Crippen molar-refractivity contribution in [1.29, 1.82) is 5.26 Å². The zero-order valence-corrected chi connectivity index (χ0v) is 5.40. The van der Waals surface area contributed by atoms with E-state index in [1.165, 1.54) is 0 Å². The van der Waals surface area contributed by atoms with E-state index in [1.807, 2.05) is 0 Å². The topological polar surface area (TPSA) is 23.8 Å². The molecular formula is CH3CaFeN. The maximum Gasteiger partial charge on any atom is 2.00 e. The van der Waals surface area contributed by atoms with Gasteiger partial charge in [0.1, 0.15) is 0 Å². The van der Waals surface area contributed by atoms with Crippen molar-refractivity contribution in [3.63, 3.8) is 0 Å². The van der Waals surface area contributed by atoms with Crippen LogP contribution in [0.3, 0.4) is 0 Å². The summed E-state index contributed by atoms with van der Waals surface area (Å²) in [6, 6.07) is 0. The zero-order valence-electron chi connectivity index (χ0n) is 4.09. The monoisotopic (exact) mass is 125 g/mol. The predicted octanol–water partition coefficient (Wildman–Crippen LogP) is -0.0185. The Bertz CT molecular complexity index is 18.3. The molecule has 0 N–H and O–H groups in total. The fourth-order valence-electron chi connectivity index (χ4n) is 0. The van der Waals surface area contributed by atoms with Gasteiger partial charge in [-0.15, -0.1) is 0 Å². The van der Waals surface area contributed by atoms with Crippen molar-refractivity contribution >= 4 is 37.7 Å². The number of rotatable bonds is 0. The third kappa shape index (κ3) is 10.5. The van der Waals surface area contributed by atoms with Gasteiger partial charge in [0.2, 0.25) is 0 Å². The maximum absolute atomic E-state index is 6.50. The molecule has 0 aliphatic carbocycles. The molecule has 0 amide bonds. The summed E-state index contributed by atoms with van der Waals surface area (Å²) in [6.45, 7) is 3.50. The minimum Gasteiger partial charge on any atom is -1.00 e. The second-order valence-electron chi connectivity index (χ2n) is 0. The van der Waals surface area contributed by atoms with Crippen LogP contribution in [0.25, 0.3) is 0 Å². The molecule has 4 heavy (non-hydrogen) atoms. The molecule has 0 aliphatic heterocycles. The van der Waals surface area contributed by atoms with Crippen molar-refractivity contribution in [2.24, 2.45) is 0 Å². The molecule has 0 aliphatic rings. The average Bonchev–Trinajstić information content (AvgIpc) is 1.00. The van der Waals surface area contributed by atoms with Crippen molar-refractivity contribution in [1.82, 2.24) is 0 Å². The van der Waals surface area contributed by atoms with Crippen LogP contribution in [0.5, 0.6) is 0 Å². The summed E-state index contributed by atoms with van der Waals surface area (Å²) in [5, 5.41) is 6.50. The van der Waals surface area contributed by atoms with Crippen LogP contribution in [-0.4, -0.2) is 37.7 Å². The van der Waals surface area contributed by atoms with Gasteiger partial charge in [0.25, 0.3) is 0 Å². The van der Waals surface area contributed by atoms with Gasteiger partial charge in [0.05, 0.1) is 0 Å². The molecule has 0 fully saturated rings. The Balaban J connectivity index is -0.000000000833. The quantitative estimate of drug-likeness (QED) is 0.417. The molecular weight excluding hydrogens is 122 g/mol. The van der Waals surface area contributed by atoms with Crippen LogP contribution in [0.4, 0.5) is 0 Å². The first-order valence-corrected chi connectivity index (χ1v) is 0.258. The summed E-state index contributed by atoms with van der Waals surface area (Å²) in [5.74, 6) is 0.